The third kappa shape index (κ3) is 3.35. The molecular formula is C14H9Cl3F2O. The van der Waals surface area contributed by atoms with Gasteiger partial charge in [0.2, 0.25) is 0 Å². The van der Waals surface area contributed by atoms with Gasteiger partial charge in [-0.25, -0.2) is 8.78 Å². The van der Waals surface area contributed by atoms with Crippen molar-refractivity contribution >= 4 is 34.8 Å². The van der Waals surface area contributed by atoms with Crippen molar-refractivity contribution in [3.63, 3.8) is 0 Å². The lowest BCUT2D eigenvalue weighted by Crippen LogP contribution is -2.01. The Balaban J connectivity index is 2.21. The van der Waals surface area contributed by atoms with Crippen LogP contribution in [0, 0.1) is 11.6 Å². The first-order valence-corrected chi connectivity index (χ1v) is 6.91. The van der Waals surface area contributed by atoms with Crippen molar-refractivity contribution in [1.29, 1.82) is 0 Å². The first-order valence-electron chi connectivity index (χ1n) is 5.62. The molecule has 6 heteroatoms. The van der Waals surface area contributed by atoms with Crippen molar-refractivity contribution < 1.29 is 13.5 Å². The molecule has 0 saturated carbocycles. The molecule has 0 atom stereocenters. The van der Waals surface area contributed by atoms with Crippen LogP contribution < -0.4 is 4.74 Å². The molecule has 0 aliphatic carbocycles. The minimum absolute atomic E-state index is 0.0221. The van der Waals surface area contributed by atoms with Gasteiger partial charge in [0, 0.05) is 11.4 Å². The molecule has 0 amide bonds. The maximum atomic E-state index is 13.7. The molecule has 2 aromatic rings. The van der Waals surface area contributed by atoms with Gasteiger partial charge in [0.25, 0.3) is 0 Å². The fraction of sp³-hybridized carbons (Fsp3) is 0.143. The summed E-state index contributed by atoms with van der Waals surface area (Å²) in [5, 5.41) is 0.651. The normalized spacial score (nSPS) is 10.7. The second-order valence-electron chi connectivity index (χ2n) is 4.02. The van der Waals surface area contributed by atoms with Crippen LogP contribution in [0.4, 0.5) is 8.78 Å². The van der Waals surface area contributed by atoms with Crippen LogP contribution in [-0.4, -0.2) is 0 Å². The molecule has 2 aromatic carbocycles. The van der Waals surface area contributed by atoms with Crippen molar-refractivity contribution in [2.45, 2.75) is 12.5 Å². The van der Waals surface area contributed by atoms with Gasteiger partial charge in [-0.3, -0.25) is 0 Å². The third-order valence-corrected chi connectivity index (χ3v) is 3.78. The highest BCUT2D eigenvalue weighted by molar-refractivity contribution is 6.42. The molecule has 0 aliphatic rings. The highest BCUT2D eigenvalue weighted by atomic mass is 35.5. The van der Waals surface area contributed by atoms with Gasteiger partial charge in [-0.05, 0) is 23.8 Å². The molecule has 0 N–H and O–H groups in total. The predicted molar refractivity (Wildman–Crippen MR) is 76.7 cm³/mol. The number of hydrogen-bond donors (Lipinski definition) is 0. The summed E-state index contributed by atoms with van der Waals surface area (Å²) in [6.07, 6.45) is 0. The zero-order chi connectivity index (χ0) is 14.7. The van der Waals surface area contributed by atoms with Gasteiger partial charge >= 0.3 is 0 Å². The van der Waals surface area contributed by atoms with Gasteiger partial charge in [-0.15, -0.1) is 11.6 Å². The van der Waals surface area contributed by atoms with Crippen LogP contribution in [-0.2, 0) is 12.5 Å². The molecule has 0 aromatic heterocycles. The maximum absolute atomic E-state index is 13.7. The second-order valence-corrected chi connectivity index (χ2v) is 5.08. The molecule has 0 aliphatic heterocycles. The lowest BCUT2D eigenvalue weighted by molar-refractivity contribution is 0.274. The fourth-order valence-corrected chi connectivity index (χ4v) is 2.17. The average Bonchev–Trinajstić information content (AvgIpc) is 2.42. The van der Waals surface area contributed by atoms with E-state index in [1.54, 1.807) is 18.2 Å². The number of rotatable bonds is 4. The molecular weight excluding hydrogens is 329 g/mol. The van der Waals surface area contributed by atoms with E-state index in [-0.39, 0.29) is 12.5 Å². The zero-order valence-corrected chi connectivity index (χ0v) is 12.4. The topological polar surface area (TPSA) is 9.23 Å². The van der Waals surface area contributed by atoms with Gasteiger partial charge in [0.1, 0.15) is 6.61 Å². The van der Waals surface area contributed by atoms with Gasteiger partial charge < -0.3 is 4.74 Å². The average molecular weight is 338 g/mol. The molecule has 0 heterocycles. The predicted octanol–water partition coefficient (Wildman–Crippen LogP) is 5.59. The summed E-state index contributed by atoms with van der Waals surface area (Å²) >= 11 is 17.3. The largest absolute Gasteiger partial charge is 0.483 e. The van der Waals surface area contributed by atoms with E-state index in [0.29, 0.717) is 21.2 Å². The van der Waals surface area contributed by atoms with E-state index in [4.69, 9.17) is 39.5 Å². The first-order chi connectivity index (χ1) is 9.52. The number of alkyl halides is 1. The van der Waals surface area contributed by atoms with Crippen LogP contribution in [0.2, 0.25) is 10.0 Å². The van der Waals surface area contributed by atoms with Crippen LogP contribution in [0.5, 0.6) is 5.75 Å². The van der Waals surface area contributed by atoms with Crippen LogP contribution in [0.3, 0.4) is 0 Å². The second kappa shape index (κ2) is 6.61. The Morgan fingerprint density at radius 2 is 1.70 bits per heavy atom. The molecule has 0 bridgehead atoms. The van der Waals surface area contributed by atoms with Gasteiger partial charge in [-0.2, -0.15) is 0 Å². The highest BCUT2D eigenvalue weighted by Crippen LogP contribution is 2.29. The molecule has 0 fully saturated rings. The third-order valence-electron chi connectivity index (χ3n) is 2.62. The van der Waals surface area contributed by atoms with Crippen LogP contribution in [0.25, 0.3) is 0 Å². The fourth-order valence-electron chi connectivity index (χ4n) is 1.64. The molecule has 20 heavy (non-hydrogen) atoms. The minimum Gasteiger partial charge on any atom is -0.483 e. The molecule has 0 radical (unpaired) electrons. The Kier molecular flexibility index (Phi) is 5.08. The summed E-state index contributed by atoms with van der Waals surface area (Å²) in [5.74, 6) is -2.05. The van der Waals surface area contributed by atoms with E-state index in [1.165, 1.54) is 0 Å². The summed E-state index contributed by atoms with van der Waals surface area (Å²) in [5.41, 5.74) is 0.884. The summed E-state index contributed by atoms with van der Waals surface area (Å²) in [7, 11) is 0. The van der Waals surface area contributed by atoms with Crippen molar-refractivity contribution in [3.8, 4) is 5.75 Å². The monoisotopic (exact) mass is 336 g/mol. The SMILES string of the molecule is Fc1cc(CCl)cc(F)c1OCc1cccc(Cl)c1Cl. The van der Waals surface area contributed by atoms with Crippen molar-refractivity contribution in [2.24, 2.45) is 0 Å². The number of halogens is 5. The lowest BCUT2D eigenvalue weighted by Gasteiger charge is -2.11. The van der Waals surface area contributed by atoms with Gasteiger partial charge in [0.05, 0.1) is 10.0 Å². The van der Waals surface area contributed by atoms with E-state index >= 15 is 0 Å². The Labute approximate surface area is 130 Å². The molecule has 0 spiro atoms. The van der Waals surface area contributed by atoms with Gasteiger partial charge in [0.15, 0.2) is 17.4 Å². The van der Waals surface area contributed by atoms with E-state index in [0.717, 1.165) is 12.1 Å². The Morgan fingerprint density at radius 3 is 2.30 bits per heavy atom. The molecule has 0 saturated heterocycles. The van der Waals surface area contributed by atoms with Gasteiger partial charge in [-0.1, -0.05) is 35.3 Å². The minimum atomic E-state index is -0.807. The first kappa shape index (κ1) is 15.4. The Morgan fingerprint density at radius 1 is 1.05 bits per heavy atom. The quantitative estimate of drug-likeness (QED) is 0.661. The molecule has 0 unspecified atom stereocenters. The van der Waals surface area contributed by atoms with E-state index in [1.807, 2.05) is 0 Å². The van der Waals surface area contributed by atoms with Crippen LogP contribution in [0.1, 0.15) is 11.1 Å². The summed E-state index contributed by atoms with van der Waals surface area (Å²) < 4.78 is 32.5. The lowest BCUT2D eigenvalue weighted by atomic mass is 10.2. The van der Waals surface area contributed by atoms with Crippen molar-refractivity contribution in [2.75, 3.05) is 0 Å². The number of ether oxygens (including phenoxy) is 1. The smallest absolute Gasteiger partial charge is 0.191 e. The standard InChI is InChI=1S/C14H9Cl3F2O/c15-6-8-4-11(18)14(12(19)5-8)20-7-9-2-1-3-10(16)13(9)17/h1-5H,6-7H2. The van der Waals surface area contributed by atoms with E-state index < -0.39 is 17.4 Å². The van der Waals surface area contributed by atoms with Crippen LogP contribution in [0.15, 0.2) is 30.3 Å². The Bertz CT molecular complexity index is 609. The summed E-state index contributed by atoms with van der Waals surface area (Å²) in [6.45, 7) is -0.0898. The summed E-state index contributed by atoms with van der Waals surface area (Å²) in [6, 6.07) is 7.22. The zero-order valence-electron chi connectivity index (χ0n) is 10.1. The van der Waals surface area contributed by atoms with Crippen LogP contribution >= 0.6 is 34.8 Å². The maximum Gasteiger partial charge on any atom is 0.191 e. The summed E-state index contributed by atoms with van der Waals surface area (Å²) in [4.78, 5) is 0. The number of benzene rings is 2. The van der Waals surface area contributed by atoms with Crippen molar-refractivity contribution in [3.05, 3.63) is 63.1 Å². The van der Waals surface area contributed by atoms with E-state index in [9.17, 15) is 8.78 Å². The highest BCUT2D eigenvalue weighted by Gasteiger charge is 2.14. The molecule has 106 valence electrons. The number of hydrogen-bond acceptors (Lipinski definition) is 1. The molecule has 1 nitrogen and oxygen atoms in total. The van der Waals surface area contributed by atoms with E-state index in [2.05, 4.69) is 0 Å². The van der Waals surface area contributed by atoms with Crippen molar-refractivity contribution in [1.82, 2.24) is 0 Å². The Hall–Kier alpha value is -1.03. The molecule has 2 rings (SSSR count).